The van der Waals surface area contributed by atoms with Crippen molar-refractivity contribution in [3.8, 4) is 0 Å². The summed E-state index contributed by atoms with van der Waals surface area (Å²) < 4.78 is 1.88. The van der Waals surface area contributed by atoms with E-state index in [-0.39, 0.29) is 5.91 Å². The number of amides is 1. The topological polar surface area (TPSA) is 59.0 Å². The number of nitrogens with zero attached hydrogens (tertiary/aromatic N) is 2. The van der Waals surface area contributed by atoms with Crippen LogP contribution >= 0.6 is 0 Å². The highest BCUT2D eigenvalue weighted by molar-refractivity contribution is 5.89. The molecule has 1 aromatic carbocycles. The van der Waals surface area contributed by atoms with Gasteiger partial charge in [0.2, 0.25) is 11.9 Å². The number of benzene rings is 1. The van der Waals surface area contributed by atoms with Crippen LogP contribution in [0.1, 0.15) is 6.92 Å². The first-order valence-corrected chi connectivity index (χ1v) is 5.27. The second-order valence-electron chi connectivity index (χ2n) is 3.75. The Labute approximate surface area is 99.5 Å². The third kappa shape index (κ3) is 2.84. The highest BCUT2D eigenvalue weighted by Gasteiger charge is 2.01. The fourth-order valence-electron chi connectivity index (χ4n) is 1.49. The number of aromatic nitrogens is 2. The maximum Gasteiger partial charge on any atom is 0.221 e. The van der Waals surface area contributed by atoms with E-state index in [1.54, 1.807) is 6.20 Å². The summed E-state index contributed by atoms with van der Waals surface area (Å²) in [5, 5.41) is 5.90. The molecule has 5 heteroatoms. The van der Waals surface area contributed by atoms with Crippen molar-refractivity contribution in [2.75, 3.05) is 10.6 Å². The van der Waals surface area contributed by atoms with E-state index >= 15 is 0 Å². The number of aryl methyl sites for hydroxylation is 1. The Morgan fingerprint density at radius 1 is 1.35 bits per heavy atom. The number of imidazole rings is 1. The lowest BCUT2D eigenvalue weighted by molar-refractivity contribution is -0.114. The third-order valence-electron chi connectivity index (χ3n) is 2.26. The number of hydrogen-bond donors (Lipinski definition) is 2. The van der Waals surface area contributed by atoms with Gasteiger partial charge in [0.1, 0.15) is 0 Å². The summed E-state index contributed by atoms with van der Waals surface area (Å²) in [6.45, 7) is 1.48. The first-order chi connectivity index (χ1) is 8.15. The Morgan fingerprint density at radius 2 is 2.12 bits per heavy atom. The molecule has 0 spiro atoms. The second kappa shape index (κ2) is 4.69. The molecular weight excluding hydrogens is 216 g/mol. The highest BCUT2D eigenvalue weighted by Crippen LogP contribution is 2.18. The predicted octanol–water partition coefficient (Wildman–Crippen LogP) is 2.12. The summed E-state index contributed by atoms with van der Waals surface area (Å²) in [6, 6.07) is 7.48. The molecule has 88 valence electrons. The normalized spacial score (nSPS) is 10.0. The molecule has 1 amide bonds. The van der Waals surface area contributed by atoms with Gasteiger partial charge in [0, 0.05) is 37.7 Å². The van der Waals surface area contributed by atoms with E-state index in [1.165, 1.54) is 6.92 Å². The van der Waals surface area contributed by atoms with Crippen LogP contribution in [0.3, 0.4) is 0 Å². The molecule has 2 rings (SSSR count). The van der Waals surface area contributed by atoms with Crippen molar-refractivity contribution in [1.82, 2.24) is 9.55 Å². The molecule has 1 heterocycles. The van der Waals surface area contributed by atoms with Crippen LogP contribution in [0.5, 0.6) is 0 Å². The number of anilines is 3. The molecule has 5 nitrogen and oxygen atoms in total. The number of carbonyl (C=O) groups is 1. The zero-order valence-corrected chi connectivity index (χ0v) is 9.77. The molecule has 0 saturated heterocycles. The predicted molar refractivity (Wildman–Crippen MR) is 67.2 cm³/mol. The average molecular weight is 230 g/mol. The molecule has 0 aliphatic carbocycles. The molecule has 0 aliphatic heterocycles. The highest BCUT2D eigenvalue weighted by atomic mass is 16.1. The number of carbonyl (C=O) groups excluding carboxylic acids is 1. The van der Waals surface area contributed by atoms with Gasteiger partial charge in [0.25, 0.3) is 0 Å². The SMILES string of the molecule is CC(=O)Nc1cccc(Nc2nccn2C)c1. The van der Waals surface area contributed by atoms with Crippen LogP contribution in [0, 0.1) is 0 Å². The van der Waals surface area contributed by atoms with Crippen LogP contribution in [0.4, 0.5) is 17.3 Å². The van der Waals surface area contributed by atoms with Crippen LogP contribution < -0.4 is 10.6 Å². The van der Waals surface area contributed by atoms with Crippen LogP contribution in [0.15, 0.2) is 36.7 Å². The lowest BCUT2D eigenvalue weighted by Gasteiger charge is -2.08. The van der Waals surface area contributed by atoms with Crippen LogP contribution in [0.2, 0.25) is 0 Å². The van der Waals surface area contributed by atoms with Crippen molar-refractivity contribution in [3.63, 3.8) is 0 Å². The molecule has 0 bridgehead atoms. The van der Waals surface area contributed by atoms with Gasteiger partial charge in [-0.2, -0.15) is 0 Å². The van der Waals surface area contributed by atoms with Crippen LogP contribution in [-0.2, 0) is 11.8 Å². The van der Waals surface area contributed by atoms with E-state index in [0.717, 1.165) is 17.3 Å². The Balaban J connectivity index is 2.16. The minimum Gasteiger partial charge on any atom is -0.326 e. The molecular formula is C12H14N4O. The maximum atomic E-state index is 10.9. The molecule has 0 saturated carbocycles. The van der Waals surface area contributed by atoms with E-state index in [2.05, 4.69) is 15.6 Å². The van der Waals surface area contributed by atoms with E-state index in [1.807, 2.05) is 42.1 Å². The van der Waals surface area contributed by atoms with E-state index < -0.39 is 0 Å². The summed E-state index contributed by atoms with van der Waals surface area (Å²) in [4.78, 5) is 15.1. The summed E-state index contributed by atoms with van der Waals surface area (Å²) in [6.07, 6.45) is 3.58. The first kappa shape index (κ1) is 11.2. The Hall–Kier alpha value is -2.30. The summed E-state index contributed by atoms with van der Waals surface area (Å²) in [5.74, 6) is 0.670. The standard InChI is InChI=1S/C12H14N4O/c1-9(17)14-10-4-3-5-11(8-10)15-12-13-6-7-16(12)2/h3-8H,1-2H3,(H,13,15)(H,14,17). The minimum absolute atomic E-state index is 0.0841. The van der Waals surface area contributed by atoms with Gasteiger partial charge >= 0.3 is 0 Å². The zero-order chi connectivity index (χ0) is 12.3. The smallest absolute Gasteiger partial charge is 0.221 e. The molecule has 2 aromatic rings. The van der Waals surface area contributed by atoms with Gasteiger partial charge in [-0.3, -0.25) is 4.79 Å². The average Bonchev–Trinajstić information content (AvgIpc) is 2.64. The van der Waals surface area contributed by atoms with E-state index in [4.69, 9.17) is 0 Å². The molecule has 0 unspecified atom stereocenters. The van der Waals surface area contributed by atoms with E-state index in [9.17, 15) is 4.79 Å². The zero-order valence-electron chi connectivity index (χ0n) is 9.77. The van der Waals surface area contributed by atoms with Crippen molar-refractivity contribution < 1.29 is 4.79 Å². The van der Waals surface area contributed by atoms with Gasteiger partial charge in [-0.1, -0.05) is 6.07 Å². The molecule has 2 N–H and O–H groups in total. The fourth-order valence-corrected chi connectivity index (χ4v) is 1.49. The van der Waals surface area contributed by atoms with Crippen LogP contribution in [-0.4, -0.2) is 15.5 Å². The molecule has 0 fully saturated rings. The van der Waals surface area contributed by atoms with Crippen molar-refractivity contribution in [1.29, 1.82) is 0 Å². The summed E-state index contributed by atoms with van der Waals surface area (Å²) in [5.41, 5.74) is 1.64. The van der Waals surface area contributed by atoms with Gasteiger partial charge in [0.15, 0.2) is 0 Å². The van der Waals surface area contributed by atoms with Crippen molar-refractivity contribution in [3.05, 3.63) is 36.7 Å². The van der Waals surface area contributed by atoms with Crippen LogP contribution in [0.25, 0.3) is 0 Å². The van der Waals surface area contributed by atoms with Crippen molar-refractivity contribution >= 4 is 23.2 Å². The van der Waals surface area contributed by atoms with Gasteiger partial charge in [0.05, 0.1) is 0 Å². The largest absolute Gasteiger partial charge is 0.326 e. The second-order valence-corrected chi connectivity index (χ2v) is 3.75. The molecule has 0 aliphatic rings. The monoisotopic (exact) mass is 230 g/mol. The van der Waals surface area contributed by atoms with Crippen molar-refractivity contribution in [2.24, 2.45) is 7.05 Å². The Bertz CT molecular complexity index is 533. The molecule has 1 aromatic heterocycles. The molecule has 0 radical (unpaired) electrons. The van der Waals surface area contributed by atoms with Gasteiger partial charge in [-0.05, 0) is 18.2 Å². The number of nitrogens with one attached hydrogen (secondary N) is 2. The third-order valence-corrected chi connectivity index (χ3v) is 2.26. The lowest BCUT2D eigenvalue weighted by atomic mass is 10.3. The number of rotatable bonds is 3. The van der Waals surface area contributed by atoms with Gasteiger partial charge < -0.3 is 15.2 Å². The lowest BCUT2D eigenvalue weighted by Crippen LogP contribution is -2.06. The Kier molecular flexibility index (Phi) is 3.09. The fraction of sp³-hybridized carbons (Fsp3) is 0.167. The van der Waals surface area contributed by atoms with Gasteiger partial charge in [-0.25, -0.2) is 4.98 Å². The summed E-state index contributed by atoms with van der Waals surface area (Å²) in [7, 11) is 1.91. The Morgan fingerprint density at radius 3 is 2.76 bits per heavy atom. The van der Waals surface area contributed by atoms with Crippen molar-refractivity contribution in [2.45, 2.75) is 6.92 Å². The quantitative estimate of drug-likeness (QED) is 0.849. The van der Waals surface area contributed by atoms with E-state index in [0.29, 0.717) is 0 Å². The molecule has 17 heavy (non-hydrogen) atoms. The maximum absolute atomic E-state index is 10.9. The van der Waals surface area contributed by atoms with Gasteiger partial charge in [-0.15, -0.1) is 0 Å². The first-order valence-electron chi connectivity index (χ1n) is 5.27. The molecule has 0 atom stereocenters. The minimum atomic E-state index is -0.0841. The summed E-state index contributed by atoms with van der Waals surface area (Å²) >= 11 is 0. The number of hydrogen-bond acceptors (Lipinski definition) is 3.